The zero-order chi connectivity index (χ0) is 13.9. The molecule has 3 nitrogen and oxygen atoms in total. The van der Waals surface area contributed by atoms with Crippen LogP contribution in [0.1, 0.15) is 16.8 Å². The maximum atomic E-state index is 12.2. The highest BCUT2D eigenvalue weighted by Crippen LogP contribution is 2.29. The maximum Gasteiger partial charge on any atom is 0.224 e. The largest absolute Gasteiger partial charge is 0.350 e. The van der Waals surface area contributed by atoms with Crippen LogP contribution < -0.4 is 5.32 Å². The van der Waals surface area contributed by atoms with Gasteiger partial charge in [0.25, 0.3) is 0 Å². The van der Waals surface area contributed by atoms with Crippen LogP contribution in [0.5, 0.6) is 0 Å². The zero-order valence-electron chi connectivity index (χ0n) is 11.0. The normalized spacial score (nSPS) is 16.8. The minimum absolute atomic E-state index is 0.0445. The van der Waals surface area contributed by atoms with Crippen LogP contribution in [0.2, 0.25) is 0 Å². The molecule has 0 radical (unpaired) electrons. The van der Waals surface area contributed by atoms with Gasteiger partial charge < -0.3 is 5.32 Å². The number of hydrogen-bond acceptors (Lipinski definition) is 2. The van der Waals surface area contributed by atoms with E-state index in [0.717, 1.165) is 23.0 Å². The number of carbonyl (C=O) groups is 1. The first-order valence-electron chi connectivity index (χ1n) is 6.67. The van der Waals surface area contributed by atoms with Crippen molar-refractivity contribution in [1.29, 1.82) is 0 Å². The number of rotatable bonds is 3. The average molecular weight is 331 g/mol. The molecule has 2 aromatic rings. The van der Waals surface area contributed by atoms with E-state index >= 15 is 0 Å². The van der Waals surface area contributed by atoms with E-state index in [4.69, 9.17) is 0 Å². The van der Waals surface area contributed by atoms with Gasteiger partial charge in [0, 0.05) is 16.6 Å². The van der Waals surface area contributed by atoms with Gasteiger partial charge in [-0.3, -0.25) is 9.78 Å². The quantitative estimate of drug-likeness (QED) is 0.940. The van der Waals surface area contributed by atoms with Crippen LogP contribution in [0.3, 0.4) is 0 Å². The van der Waals surface area contributed by atoms with Crippen LogP contribution in [0, 0.1) is 5.92 Å². The molecule has 0 saturated heterocycles. The van der Waals surface area contributed by atoms with E-state index in [1.54, 1.807) is 6.20 Å². The van der Waals surface area contributed by atoms with Crippen molar-refractivity contribution in [3.8, 4) is 0 Å². The number of hydrogen-bond donors (Lipinski definition) is 1. The van der Waals surface area contributed by atoms with Gasteiger partial charge >= 0.3 is 0 Å². The Morgan fingerprint density at radius 1 is 1.25 bits per heavy atom. The zero-order valence-corrected chi connectivity index (χ0v) is 12.6. The molecule has 0 aliphatic heterocycles. The van der Waals surface area contributed by atoms with Crippen LogP contribution >= 0.6 is 15.9 Å². The summed E-state index contributed by atoms with van der Waals surface area (Å²) in [5, 5.41) is 2.98. The molecule has 0 bridgehead atoms. The van der Waals surface area contributed by atoms with Crippen molar-refractivity contribution in [3.05, 3.63) is 63.9 Å². The summed E-state index contributed by atoms with van der Waals surface area (Å²) >= 11 is 3.47. The van der Waals surface area contributed by atoms with Gasteiger partial charge in [0.05, 0.1) is 12.2 Å². The molecule has 1 atom stereocenters. The Kier molecular flexibility index (Phi) is 3.83. The lowest BCUT2D eigenvalue weighted by atomic mass is 10.1. The third-order valence-corrected chi connectivity index (χ3v) is 4.13. The molecule has 102 valence electrons. The highest BCUT2D eigenvalue weighted by atomic mass is 79.9. The summed E-state index contributed by atoms with van der Waals surface area (Å²) < 4.78 is 1.07. The van der Waals surface area contributed by atoms with Crippen molar-refractivity contribution < 1.29 is 4.79 Å². The van der Waals surface area contributed by atoms with Gasteiger partial charge in [-0.05, 0) is 48.2 Å². The molecule has 3 rings (SSSR count). The molecular formula is C16H15BrN2O. The lowest BCUT2D eigenvalue weighted by molar-refractivity contribution is -0.124. The second-order valence-electron chi connectivity index (χ2n) is 5.06. The van der Waals surface area contributed by atoms with Gasteiger partial charge in [0.2, 0.25) is 5.91 Å². The molecule has 0 saturated carbocycles. The minimum atomic E-state index is 0.0445. The van der Waals surface area contributed by atoms with Gasteiger partial charge in [-0.25, -0.2) is 0 Å². The predicted octanol–water partition coefficient (Wildman–Crippen LogP) is 2.88. The summed E-state index contributed by atoms with van der Waals surface area (Å²) in [5.74, 6) is 0.158. The van der Waals surface area contributed by atoms with E-state index in [0.29, 0.717) is 6.54 Å². The van der Waals surface area contributed by atoms with Gasteiger partial charge in [0.15, 0.2) is 0 Å². The van der Waals surface area contributed by atoms with E-state index in [-0.39, 0.29) is 11.8 Å². The Hall–Kier alpha value is -1.68. The molecule has 1 unspecified atom stereocenters. The number of aromatic nitrogens is 1. The Morgan fingerprint density at radius 2 is 2.10 bits per heavy atom. The molecule has 1 heterocycles. The fourth-order valence-corrected chi connectivity index (χ4v) is 3.01. The molecule has 0 spiro atoms. The topological polar surface area (TPSA) is 42.0 Å². The molecular weight excluding hydrogens is 316 g/mol. The Bertz CT molecular complexity index is 628. The van der Waals surface area contributed by atoms with Gasteiger partial charge in [0.1, 0.15) is 0 Å². The standard InChI is InChI=1S/C16H15BrN2O/c17-14-5-4-11-7-13(8-12(11)9-14)16(20)19-10-15-3-1-2-6-18-15/h1-6,9,13H,7-8,10H2,(H,19,20). The number of benzene rings is 1. The maximum absolute atomic E-state index is 12.2. The highest BCUT2D eigenvalue weighted by molar-refractivity contribution is 9.10. The van der Waals surface area contributed by atoms with E-state index in [1.807, 2.05) is 24.3 Å². The average Bonchev–Trinajstić information content (AvgIpc) is 2.89. The van der Waals surface area contributed by atoms with Crippen molar-refractivity contribution >= 4 is 21.8 Å². The van der Waals surface area contributed by atoms with Crippen molar-refractivity contribution in [1.82, 2.24) is 10.3 Å². The second-order valence-corrected chi connectivity index (χ2v) is 5.97. The molecule has 1 aliphatic carbocycles. The fourth-order valence-electron chi connectivity index (χ4n) is 2.60. The molecule has 1 aliphatic rings. The smallest absolute Gasteiger partial charge is 0.224 e. The van der Waals surface area contributed by atoms with Gasteiger partial charge in [-0.1, -0.05) is 28.1 Å². The van der Waals surface area contributed by atoms with Crippen LogP contribution in [0.15, 0.2) is 47.1 Å². The van der Waals surface area contributed by atoms with E-state index in [1.165, 1.54) is 11.1 Å². The molecule has 1 amide bonds. The lowest BCUT2D eigenvalue weighted by Crippen LogP contribution is -2.30. The van der Waals surface area contributed by atoms with Crippen molar-refractivity contribution in [2.45, 2.75) is 19.4 Å². The first-order chi connectivity index (χ1) is 9.72. The van der Waals surface area contributed by atoms with E-state index in [9.17, 15) is 4.79 Å². The van der Waals surface area contributed by atoms with Crippen LogP contribution in [0.25, 0.3) is 0 Å². The first-order valence-corrected chi connectivity index (χ1v) is 7.46. The number of nitrogens with one attached hydrogen (secondary N) is 1. The SMILES string of the molecule is O=C(NCc1ccccn1)C1Cc2ccc(Br)cc2C1. The molecule has 1 aromatic heterocycles. The van der Waals surface area contributed by atoms with Crippen molar-refractivity contribution in [2.75, 3.05) is 0 Å². The number of halogens is 1. The van der Waals surface area contributed by atoms with E-state index in [2.05, 4.69) is 38.4 Å². The fraction of sp³-hybridized carbons (Fsp3) is 0.250. The minimum Gasteiger partial charge on any atom is -0.350 e. The van der Waals surface area contributed by atoms with Gasteiger partial charge in [-0.2, -0.15) is 0 Å². The first kappa shape index (κ1) is 13.3. The molecule has 4 heteroatoms. The third kappa shape index (κ3) is 2.90. The molecule has 1 aromatic carbocycles. The monoisotopic (exact) mass is 330 g/mol. The van der Waals surface area contributed by atoms with Crippen LogP contribution in [-0.4, -0.2) is 10.9 Å². The number of pyridine rings is 1. The number of fused-ring (bicyclic) bond motifs is 1. The molecule has 0 fully saturated rings. The van der Waals surface area contributed by atoms with Crippen molar-refractivity contribution in [2.24, 2.45) is 5.92 Å². The van der Waals surface area contributed by atoms with E-state index < -0.39 is 0 Å². The summed E-state index contributed by atoms with van der Waals surface area (Å²) in [5.41, 5.74) is 3.45. The summed E-state index contributed by atoms with van der Waals surface area (Å²) in [6, 6.07) is 12.0. The second kappa shape index (κ2) is 5.75. The third-order valence-electron chi connectivity index (χ3n) is 3.64. The molecule has 1 N–H and O–H groups in total. The Balaban J connectivity index is 1.60. The Morgan fingerprint density at radius 3 is 2.90 bits per heavy atom. The summed E-state index contributed by atoms with van der Waals surface area (Å²) in [4.78, 5) is 16.4. The van der Waals surface area contributed by atoms with Crippen LogP contribution in [0.4, 0.5) is 0 Å². The number of nitrogens with zero attached hydrogens (tertiary/aromatic N) is 1. The van der Waals surface area contributed by atoms with Crippen molar-refractivity contribution in [3.63, 3.8) is 0 Å². The summed E-state index contributed by atoms with van der Waals surface area (Å²) in [6.45, 7) is 0.496. The summed E-state index contributed by atoms with van der Waals surface area (Å²) in [7, 11) is 0. The number of amides is 1. The van der Waals surface area contributed by atoms with Crippen LogP contribution in [-0.2, 0) is 24.2 Å². The lowest BCUT2D eigenvalue weighted by Gasteiger charge is -2.09. The molecule has 20 heavy (non-hydrogen) atoms. The number of carbonyl (C=O) groups excluding carboxylic acids is 1. The highest BCUT2D eigenvalue weighted by Gasteiger charge is 2.27. The summed E-state index contributed by atoms with van der Waals surface area (Å²) in [6.07, 6.45) is 3.39. The predicted molar refractivity (Wildman–Crippen MR) is 81.1 cm³/mol. The Labute approximate surface area is 126 Å². The van der Waals surface area contributed by atoms with Gasteiger partial charge in [-0.15, -0.1) is 0 Å².